The number of hydrogen-bond acceptors (Lipinski definition) is 6. The van der Waals surface area contributed by atoms with Gasteiger partial charge in [-0.3, -0.25) is 9.69 Å². The Bertz CT molecular complexity index is 1270. The fraction of sp³-hybridized carbons (Fsp3) is 0.533. The first-order chi connectivity index (χ1) is 18.6. The fourth-order valence-corrected chi connectivity index (χ4v) is 6.75. The molecular weight excluding hydrogens is 514 g/mol. The minimum absolute atomic E-state index is 0.0627. The van der Waals surface area contributed by atoms with Crippen LogP contribution in [0.1, 0.15) is 66.7 Å². The maximum atomic E-state index is 13.0. The minimum Gasteiger partial charge on any atom is -0.453 e. The monoisotopic (exact) mass is 555 g/mol. The van der Waals surface area contributed by atoms with Crippen molar-refractivity contribution in [3.63, 3.8) is 0 Å². The average molecular weight is 556 g/mol. The van der Waals surface area contributed by atoms with Gasteiger partial charge in [0.1, 0.15) is 0 Å². The lowest BCUT2D eigenvalue weighted by molar-refractivity contribution is 0.0792. The van der Waals surface area contributed by atoms with Crippen molar-refractivity contribution >= 4 is 21.8 Å². The molecule has 0 radical (unpaired) electrons. The third-order valence-corrected chi connectivity index (χ3v) is 9.82. The molecule has 1 N–H and O–H groups in total. The first kappa shape index (κ1) is 29.1. The highest BCUT2D eigenvalue weighted by molar-refractivity contribution is 7.91. The average Bonchev–Trinajstić information content (AvgIpc) is 2.95. The van der Waals surface area contributed by atoms with Gasteiger partial charge in [0.25, 0.3) is 5.91 Å². The summed E-state index contributed by atoms with van der Waals surface area (Å²) in [7, 11) is -1.80. The Kier molecular flexibility index (Phi) is 9.33. The number of nitrogens with zero attached hydrogens (tertiary/aromatic N) is 2. The number of methoxy groups -OCH3 is 1. The number of piperidine rings is 1. The number of rotatable bonds is 8. The highest BCUT2D eigenvalue weighted by Gasteiger charge is 2.33. The summed E-state index contributed by atoms with van der Waals surface area (Å²) in [4.78, 5) is 29.5. The summed E-state index contributed by atoms with van der Waals surface area (Å²) in [6, 6.07) is 13.0. The number of ether oxygens (including phenoxy) is 1. The number of benzene rings is 2. The molecule has 4 rings (SSSR count). The Hall–Kier alpha value is -2.91. The molecule has 0 saturated carbocycles. The van der Waals surface area contributed by atoms with Gasteiger partial charge in [-0.2, -0.15) is 0 Å². The molecule has 8 nitrogen and oxygen atoms in total. The molecule has 2 aromatic rings. The predicted octanol–water partition coefficient (Wildman–Crippen LogP) is 4.44. The summed E-state index contributed by atoms with van der Waals surface area (Å²) in [5.74, 6) is 0.907. The molecule has 0 aliphatic carbocycles. The molecule has 0 spiro atoms. The van der Waals surface area contributed by atoms with Gasteiger partial charge in [0.15, 0.2) is 9.84 Å². The number of carbonyl (C=O) groups is 2. The molecule has 0 bridgehead atoms. The van der Waals surface area contributed by atoms with Crippen LogP contribution in [-0.2, 0) is 27.5 Å². The molecule has 1 fully saturated rings. The maximum Gasteiger partial charge on any atom is 0.409 e. The molecule has 9 heteroatoms. The summed E-state index contributed by atoms with van der Waals surface area (Å²) in [5, 5.41) is 2.97. The maximum absolute atomic E-state index is 13.0. The Labute approximate surface area is 232 Å². The van der Waals surface area contributed by atoms with Gasteiger partial charge in [0.05, 0.1) is 17.8 Å². The SMILES string of the molecule is CCS(=O)(=O)c1ccc(CNC(=O)c2ccc3c(c2)CCN(CC2CCN(C(=O)OC)CC2)[C@H]3C(C)C)cc1. The van der Waals surface area contributed by atoms with Crippen LogP contribution in [0.3, 0.4) is 0 Å². The molecule has 0 aromatic heterocycles. The number of hydrogen-bond donors (Lipinski definition) is 1. The van der Waals surface area contributed by atoms with Crippen LogP contribution >= 0.6 is 0 Å². The van der Waals surface area contributed by atoms with E-state index < -0.39 is 9.84 Å². The van der Waals surface area contributed by atoms with Crippen molar-refractivity contribution < 1.29 is 22.7 Å². The zero-order valence-corrected chi connectivity index (χ0v) is 24.3. The summed E-state index contributed by atoms with van der Waals surface area (Å²) < 4.78 is 28.9. The first-order valence-electron chi connectivity index (χ1n) is 13.9. The Morgan fingerprint density at radius 2 is 1.74 bits per heavy atom. The molecule has 212 valence electrons. The lowest BCUT2D eigenvalue weighted by Gasteiger charge is -2.43. The second-order valence-electron chi connectivity index (χ2n) is 11.0. The van der Waals surface area contributed by atoms with E-state index in [9.17, 15) is 18.0 Å². The third-order valence-electron chi connectivity index (χ3n) is 8.07. The van der Waals surface area contributed by atoms with Crippen molar-refractivity contribution in [3.8, 4) is 0 Å². The second kappa shape index (κ2) is 12.5. The van der Waals surface area contributed by atoms with Crippen LogP contribution < -0.4 is 5.32 Å². The normalized spacial score (nSPS) is 18.6. The van der Waals surface area contributed by atoms with E-state index in [4.69, 9.17) is 4.74 Å². The largest absolute Gasteiger partial charge is 0.453 e. The van der Waals surface area contributed by atoms with Gasteiger partial charge in [-0.25, -0.2) is 13.2 Å². The van der Waals surface area contributed by atoms with E-state index in [1.165, 1.54) is 18.2 Å². The Morgan fingerprint density at radius 3 is 2.36 bits per heavy atom. The van der Waals surface area contributed by atoms with E-state index in [2.05, 4.69) is 30.1 Å². The van der Waals surface area contributed by atoms with Crippen molar-refractivity contribution in [1.82, 2.24) is 15.1 Å². The van der Waals surface area contributed by atoms with Crippen molar-refractivity contribution in [1.29, 1.82) is 0 Å². The summed E-state index contributed by atoms with van der Waals surface area (Å²) in [6.45, 7) is 9.92. The Morgan fingerprint density at radius 1 is 1.05 bits per heavy atom. The molecule has 1 saturated heterocycles. The number of amides is 2. The van der Waals surface area contributed by atoms with E-state index in [1.54, 1.807) is 36.1 Å². The zero-order valence-electron chi connectivity index (χ0n) is 23.5. The van der Waals surface area contributed by atoms with Gasteiger partial charge in [-0.05, 0) is 72.1 Å². The summed E-state index contributed by atoms with van der Waals surface area (Å²) in [6.07, 6.45) is 2.63. The molecule has 39 heavy (non-hydrogen) atoms. The van der Waals surface area contributed by atoms with Crippen LogP contribution in [0.2, 0.25) is 0 Å². The predicted molar refractivity (Wildman–Crippen MR) is 151 cm³/mol. The number of nitrogens with one attached hydrogen (secondary N) is 1. The standard InChI is InChI=1S/C30H41N3O5S/c1-5-39(36,37)26-9-6-22(7-10-26)19-31-29(34)25-8-11-27-24(18-25)14-17-33(28(27)21(2)3)20-23-12-15-32(16-13-23)30(35)38-4/h6-11,18,21,23,28H,5,12-17,19-20H2,1-4H3,(H,31,34)/t28-/m0/s1. The fourth-order valence-electron chi connectivity index (χ4n) is 5.86. The van der Waals surface area contributed by atoms with Gasteiger partial charge in [0.2, 0.25) is 0 Å². The molecule has 0 unspecified atom stereocenters. The quantitative estimate of drug-likeness (QED) is 0.517. The van der Waals surface area contributed by atoms with Crippen molar-refractivity contribution in [3.05, 3.63) is 64.7 Å². The summed E-state index contributed by atoms with van der Waals surface area (Å²) in [5.41, 5.74) is 4.02. The van der Waals surface area contributed by atoms with Gasteiger partial charge in [-0.15, -0.1) is 0 Å². The van der Waals surface area contributed by atoms with E-state index in [0.717, 1.165) is 51.0 Å². The molecule has 2 aromatic carbocycles. The Balaban J connectivity index is 1.38. The van der Waals surface area contributed by atoms with E-state index in [-0.39, 0.29) is 17.8 Å². The highest BCUT2D eigenvalue weighted by atomic mass is 32.2. The molecule has 2 heterocycles. The van der Waals surface area contributed by atoms with Gasteiger partial charge in [0, 0.05) is 44.3 Å². The third kappa shape index (κ3) is 6.81. The van der Waals surface area contributed by atoms with Crippen molar-refractivity contribution in [2.45, 2.75) is 57.5 Å². The highest BCUT2D eigenvalue weighted by Crippen LogP contribution is 2.37. The van der Waals surface area contributed by atoms with Crippen LogP contribution in [0.25, 0.3) is 0 Å². The van der Waals surface area contributed by atoms with Gasteiger partial charge in [-0.1, -0.05) is 39.0 Å². The molecule has 2 aliphatic rings. The van der Waals surface area contributed by atoms with E-state index in [0.29, 0.717) is 34.9 Å². The van der Waals surface area contributed by atoms with Crippen LogP contribution in [0.5, 0.6) is 0 Å². The molecular formula is C30H41N3O5S. The lowest BCUT2D eigenvalue weighted by Crippen LogP contribution is -2.45. The van der Waals surface area contributed by atoms with E-state index >= 15 is 0 Å². The van der Waals surface area contributed by atoms with Crippen LogP contribution in [0.15, 0.2) is 47.4 Å². The van der Waals surface area contributed by atoms with Crippen LogP contribution in [-0.4, -0.2) is 69.3 Å². The second-order valence-corrected chi connectivity index (χ2v) is 13.3. The van der Waals surface area contributed by atoms with Gasteiger partial charge < -0.3 is 15.0 Å². The molecule has 1 atom stereocenters. The molecule has 2 aliphatic heterocycles. The number of carbonyl (C=O) groups excluding carboxylic acids is 2. The minimum atomic E-state index is -3.24. The number of fused-ring (bicyclic) bond motifs is 1. The topological polar surface area (TPSA) is 96.0 Å². The van der Waals surface area contributed by atoms with Crippen molar-refractivity contribution in [2.75, 3.05) is 39.0 Å². The number of likely N-dealkylation sites (tertiary alicyclic amines) is 1. The van der Waals surface area contributed by atoms with Crippen LogP contribution in [0, 0.1) is 11.8 Å². The smallest absolute Gasteiger partial charge is 0.409 e. The lowest BCUT2D eigenvalue weighted by atomic mass is 9.84. The van der Waals surface area contributed by atoms with E-state index in [1.807, 2.05) is 12.1 Å². The van der Waals surface area contributed by atoms with Crippen molar-refractivity contribution in [2.24, 2.45) is 11.8 Å². The van der Waals surface area contributed by atoms with Crippen LogP contribution in [0.4, 0.5) is 4.79 Å². The zero-order chi connectivity index (χ0) is 28.2. The van der Waals surface area contributed by atoms with Gasteiger partial charge >= 0.3 is 6.09 Å². The number of sulfone groups is 1. The molecule has 2 amide bonds. The summed E-state index contributed by atoms with van der Waals surface area (Å²) >= 11 is 0. The first-order valence-corrected chi connectivity index (χ1v) is 15.6.